The third kappa shape index (κ3) is 5.26. The number of fused-ring (bicyclic) bond motifs is 2. The lowest BCUT2D eigenvalue weighted by molar-refractivity contribution is 0.220. The zero-order valence-electron chi connectivity index (χ0n) is 20.1. The molecule has 0 aliphatic heterocycles. The van der Waals surface area contributed by atoms with Crippen LogP contribution in [0.5, 0.6) is 0 Å². The molecule has 0 aromatic carbocycles. The van der Waals surface area contributed by atoms with E-state index in [4.69, 9.17) is 21.6 Å². The Kier molecular flexibility index (Phi) is 7.28. The highest BCUT2D eigenvalue weighted by atomic mass is 35.5. The van der Waals surface area contributed by atoms with Gasteiger partial charge < -0.3 is 20.1 Å². The molecule has 0 spiro atoms. The average molecular weight is 494 g/mol. The number of halogens is 1. The molecule has 0 aliphatic rings. The second-order valence-corrected chi connectivity index (χ2v) is 8.73. The lowest BCUT2D eigenvalue weighted by Gasteiger charge is -2.23. The molecular weight excluding hydrogens is 466 g/mol. The van der Waals surface area contributed by atoms with Crippen LogP contribution in [0, 0.1) is 0 Å². The largest absolute Gasteiger partial charge is 0.513 e. The van der Waals surface area contributed by atoms with Crippen molar-refractivity contribution in [2.45, 2.75) is 39.7 Å². The molecule has 0 saturated carbocycles. The van der Waals surface area contributed by atoms with Gasteiger partial charge in [-0.15, -0.1) is 0 Å². The fourth-order valence-electron chi connectivity index (χ4n) is 3.98. The minimum atomic E-state index is -0.841. The van der Waals surface area contributed by atoms with Gasteiger partial charge in [0, 0.05) is 44.3 Å². The van der Waals surface area contributed by atoms with Crippen LogP contribution in [0.15, 0.2) is 48.1 Å². The van der Waals surface area contributed by atoms with Crippen molar-refractivity contribution in [1.29, 1.82) is 0 Å². The normalized spacial score (nSPS) is 13.5. The summed E-state index contributed by atoms with van der Waals surface area (Å²) in [5.74, 6) is 1.32. The highest BCUT2D eigenvalue weighted by Crippen LogP contribution is 2.34. The Morgan fingerprint density at radius 2 is 2.00 bits per heavy atom. The smallest absolute Gasteiger partial charge is 0.178 e. The predicted octanol–water partition coefficient (Wildman–Crippen LogP) is 4.31. The van der Waals surface area contributed by atoms with E-state index in [0.29, 0.717) is 57.3 Å². The molecule has 9 nitrogen and oxygen atoms in total. The number of likely N-dealkylation sites (N-methyl/N-ethyl adjacent to an activating group) is 1. The lowest BCUT2D eigenvalue weighted by atomic mass is 10.1. The molecule has 0 fully saturated rings. The summed E-state index contributed by atoms with van der Waals surface area (Å²) in [4.78, 5) is 27.7. The van der Waals surface area contributed by atoms with Crippen molar-refractivity contribution < 1.29 is 10.2 Å². The molecule has 1 atom stereocenters. The maximum Gasteiger partial charge on any atom is 0.178 e. The van der Waals surface area contributed by atoms with E-state index in [1.165, 1.54) is 0 Å². The van der Waals surface area contributed by atoms with E-state index in [1.54, 1.807) is 37.7 Å². The molecule has 182 valence electrons. The van der Waals surface area contributed by atoms with E-state index in [2.05, 4.69) is 19.9 Å². The minimum absolute atomic E-state index is 0.126. The number of aromatic nitrogens is 6. The summed E-state index contributed by atoms with van der Waals surface area (Å²) in [6, 6.07) is 1.93. The molecular formula is C25H28ClN7O2. The van der Waals surface area contributed by atoms with E-state index < -0.39 is 6.10 Å². The van der Waals surface area contributed by atoms with Crippen LogP contribution in [0.2, 0.25) is 5.02 Å². The predicted molar refractivity (Wildman–Crippen MR) is 138 cm³/mol. The van der Waals surface area contributed by atoms with Crippen molar-refractivity contribution in [3.05, 3.63) is 70.2 Å². The molecule has 4 aromatic heterocycles. The van der Waals surface area contributed by atoms with Gasteiger partial charge in [0.1, 0.15) is 22.8 Å². The highest BCUT2D eigenvalue weighted by molar-refractivity contribution is 6.37. The molecule has 4 heterocycles. The number of aliphatic hydroxyl groups is 2. The van der Waals surface area contributed by atoms with Gasteiger partial charge in [-0.05, 0) is 43.5 Å². The quantitative estimate of drug-likeness (QED) is 0.245. The van der Waals surface area contributed by atoms with Gasteiger partial charge in [-0.3, -0.25) is 4.98 Å². The van der Waals surface area contributed by atoms with Gasteiger partial charge in [0.05, 0.1) is 22.3 Å². The van der Waals surface area contributed by atoms with E-state index in [9.17, 15) is 10.2 Å². The molecule has 4 aromatic rings. The molecule has 10 heteroatoms. The van der Waals surface area contributed by atoms with Gasteiger partial charge in [-0.1, -0.05) is 24.6 Å². The SMILES string of the molecule is C/C=C(\C=C(/C)O)C(O)CN(C)c1nc(Cc2cnc3nccnc3c2)nc2[nH]c(CC)c(Cl)c12. The van der Waals surface area contributed by atoms with Crippen LogP contribution in [0.4, 0.5) is 5.82 Å². The first-order valence-corrected chi connectivity index (χ1v) is 11.7. The summed E-state index contributed by atoms with van der Waals surface area (Å²) in [7, 11) is 1.85. The maximum absolute atomic E-state index is 10.8. The fourth-order valence-corrected chi connectivity index (χ4v) is 4.33. The van der Waals surface area contributed by atoms with E-state index in [1.807, 2.05) is 31.9 Å². The molecule has 1 unspecified atom stereocenters. The molecule has 4 rings (SSSR count). The standard InChI is InChI=1S/C25H28ClN7O2/c1-5-16(9-14(3)34)19(35)13-33(4)25-21-22(26)17(6-2)30-24(21)31-20(32-25)11-15-10-18-23(29-12-15)28-8-7-27-18/h5,7-10,12,19,34-35H,6,11,13H2,1-4H3,(H,30,31,32)/b14-9+,16-5+. The Labute approximate surface area is 208 Å². The first-order valence-electron chi connectivity index (χ1n) is 11.4. The second kappa shape index (κ2) is 10.4. The molecule has 0 bridgehead atoms. The summed E-state index contributed by atoms with van der Waals surface area (Å²) in [5, 5.41) is 21.7. The van der Waals surface area contributed by atoms with Crippen LogP contribution in [0.1, 0.15) is 37.9 Å². The van der Waals surface area contributed by atoms with Crippen molar-refractivity contribution in [2.24, 2.45) is 0 Å². The van der Waals surface area contributed by atoms with Gasteiger partial charge >= 0.3 is 0 Å². The van der Waals surface area contributed by atoms with Crippen LogP contribution < -0.4 is 4.90 Å². The zero-order chi connectivity index (χ0) is 25.1. The topological polar surface area (TPSA) is 124 Å². The number of aryl methyl sites for hydroxylation is 1. The average Bonchev–Trinajstić information content (AvgIpc) is 3.17. The van der Waals surface area contributed by atoms with E-state index in [0.717, 1.165) is 11.3 Å². The van der Waals surface area contributed by atoms with Crippen molar-refractivity contribution in [1.82, 2.24) is 29.9 Å². The fraction of sp³-hybridized carbons (Fsp3) is 0.320. The van der Waals surface area contributed by atoms with E-state index in [-0.39, 0.29) is 12.3 Å². The highest BCUT2D eigenvalue weighted by Gasteiger charge is 2.21. The summed E-state index contributed by atoms with van der Waals surface area (Å²) >= 11 is 6.70. The summed E-state index contributed by atoms with van der Waals surface area (Å²) in [5.41, 5.74) is 4.31. The number of H-pyrrole nitrogens is 1. The number of allylic oxidation sites excluding steroid dienone is 2. The number of rotatable bonds is 8. The molecule has 3 N–H and O–H groups in total. The Balaban J connectivity index is 1.73. The van der Waals surface area contributed by atoms with Crippen LogP contribution >= 0.6 is 11.6 Å². The number of nitrogens with zero attached hydrogens (tertiary/aromatic N) is 6. The lowest BCUT2D eigenvalue weighted by Crippen LogP contribution is -2.31. The number of aromatic amines is 1. The Morgan fingerprint density at radius 3 is 2.71 bits per heavy atom. The molecule has 35 heavy (non-hydrogen) atoms. The Morgan fingerprint density at radius 1 is 1.23 bits per heavy atom. The molecule has 0 amide bonds. The second-order valence-electron chi connectivity index (χ2n) is 8.35. The maximum atomic E-state index is 10.8. The monoisotopic (exact) mass is 493 g/mol. The van der Waals surface area contributed by atoms with Crippen molar-refractivity contribution in [2.75, 3.05) is 18.5 Å². The third-order valence-electron chi connectivity index (χ3n) is 5.69. The van der Waals surface area contributed by atoms with Gasteiger partial charge in [0.15, 0.2) is 5.65 Å². The third-order valence-corrected chi connectivity index (χ3v) is 6.11. The summed E-state index contributed by atoms with van der Waals surface area (Å²) < 4.78 is 0. The number of aliphatic hydroxyl groups excluding tert-OH is 2. The Hall–Kier alpha value is -3.56. The van der Waals surface area contributed by atoms with Crippen LogP contribution in [0.25, 0.3) is 22.2 Å². The van der Waals surface area contributed by atoms with Crippen LogP contribution in [-0.4, -0.2) is 59.8 Å². The summed E-state index contributed by atoms with van der Waals surface area (Å²) in [6.45, 7) is 5.64. The van der Waals surface area contributed by atoms with Crippen molar-refractivity contribution in [3.8, 4) is 0 Å². The zero-order valence-corrected chi connectivity index (χ0v) is 20.9. The van der Waals surface area contributed by atoms with Gasteiger partial charge in [0.25, 0.3) is 0 Å². The number of anilines is 1. The minimum Gasteiger partial charge on any atom is -0.513 e. The number of hydrogen-bond acceptors (Lipinski definition) is 8. The van der Waals surface area contributed by atoms with Gasteiger partial charge in [-0.2, -0.15) is 0 Å². The van der Waals surface area contributed by atoms with Gasteiger partial charge in [-0.25, -0.2) is 19.9 Å². The first kappa shape index (κ1) is 24.6. The first-order chi connectivity index (χ1) is 16.8. The number of hydrogen-bond donors (Lipinski definition) is 3. The van der Waals surface area contributed by atoms with Gasteiger partial charge in [0.2, 0.25) is 0 Å². The molecule has 0 saturated heterocycles. The van der Waals surface area contributed by atoms with Crippen molar-refractivity contribution >= 4 is 39.6 Å². The van der Waals surface area contributed by atoms with Crippen LogP contribution in [0.3, 0.4) is 0 Å². The molecule has 0 aliphatic carbocycles. The molecule has 0 radical (unpaired) electrons. The Bertz CT molecular complexity index is 1430. The number of pyridine rings is 1. The summed E-state index contributed by atoms with van der Waals surface area (Å²) in [6.07, 6.45) is 8.62. The van der Waals surface area contributed by atoms with Crippen LogP contribution in [-0.2, 0) is 12.8 Å². The van der Waals surface area contributed by atoms with E-state index >= 15 is 0 Å². The number of nitrogens with one attached hydrogen (secondary N) is 1. The van der Waals surface area contributed by atoms with Crippen molar-refractivity contribution in [3.63, 3.8) is 0 Å².